The normalized spacial score (nSPS) is 21.8. The zero-order chi connectivity index (χ0) is 22.1. The minimum Gasteiger partial charge on any atom is -0.507 e. The quantitative estimate of drug-likeness (QED) is 0.451. The Morgan fingerprint density at radius 3 is 2.48 bits per heavy atom. The second-order valence-electron chi connectivity index (χ2n) is 8.21. The van der Waals surface area contributed by atoms with Gasteiger partial charge in [-0.15, -0.1) is 0 Å². The van der Waals surface area contributed by atoms with Crippen LogP contribution in [0.1, 0.15) is 34.3 Å². The van der Waals surface area contributed by atoms with Crippen molar-refractivity contribution in [1.82, 2.24) is 9.80 Å². The van der Waals surface area contributed by atoms with Crippen LogP contribution in [0, 0.1) is 20.8 Å². The number of benzene rings is 1. The molecule has 0 radical (unpaired) electrons. The van der Waals surface area contributed by atoms with Crippen LogP contribution in [0.3, 0.4) is 0 Å². The van der Waals surface area contributed by atoms with Crippen molar-refractivity contribution in [2.45, 2.75) is 26.8 Å². The number of likely N-dealkylation sites (tertiary alicyclic amines) is 1. The van der Waals surface area contributed by atoms with E-state index < -0.39 is 17.7 Å². The summed E-state index contributed by atoms with van der Waals surface area (Å²) in [5.41, 5.74) is 2.42. The topological polar surface area (TPSA) is 83.2 Å². The fraction of sp³-hybridized carbons (Fsp3) is 0.417. The molecule has 4 rings (SSSR count). The van der Waals surface area contributed by atoms with Crippen molar-refractivity contribution in [2.75, 3.05) is 39.4 Å². The number of nitrogens with zero attached hydrogens (tertiary/aromatic N) is 2. The van der Waals surface area contributed by atoms with Crippen LogP contribution < -0.4 is 0 Å². The Labute approximate surface area is 181 Å². The number of furan rings is 1. The first-order valence-electron chi connectivity index (χ1n) is 10.6. The molecule has 1 atom stereocenters. The summed E-state index contributed by atoms with van der Waals surface area (Å²) in [6, 6.07) is 8.48. The molecule has 164 valence electrons. The minimum atomic E-state index is -0.755. The van der Waals surface area contributed by atoms with E-state index in [1.807, 2.05) is 39.0 Å². The second kappa shape index (κ2) is 8.69. The predicted molar refractivity (Wildman–Crippen MR) is 116 cm³/mol. The van der Waals surface area contributed by atoms with Gasteiger partial charge >= 0.3 is 0 Å². The van der Waals surface area contributed by atoms with Gasteiger partial charge in [0.05, 0.1) is 18.8 Å². The number of aliphatic hydroxyl groups is 1. The molecule has 1 aromatic carbocycles. The summed E-state index contributed by atoms with van der Waals surface area (Å²) in [6.45, 7) is 9.48. The van der Waals surface area contributed by atoms with E-state index in [4.69, 9.17) is 9.15 Å². The van der Waals surface area contributed by atoms with E-state index in [1.165, 1.54) is 4.90 Å². The second-order valence-corrected chi connectivity index (χ2v) is 8.21. The molecule has 3 heterocycles. The van der Waals surface area contributed by atoms with E-state index in [9.17, 15) is 14.7 Å². The maximum atomic E-state index is 13.1. The van der Waals surface area contributed by atoms with Crippen molar-refractivity contribution in [1.29, 1.82) is 0 Å². The van der Waals surface area contributed by atoms with E-state index in [-0.39, 0.29) is 11.3 Å². The van der Waals surface area contributed by atoms with Crippen molar-refractivity contribution >= 4 is 17.4 Å². The maximum Gasteiger partial charge on any atom is 0.295 e. The standard InChI is InChI=1S/C24H28N2O5/c1-15-4-5-16(2)18(14-15)22(27)20-21(19-7-6-17(3)31-19)26(24(29)23(20)28)9-8-25-10-12-30-13-11-25/h4-7,14,21,27H,8-13H2,1-3H3. The maximum absolute atomic E-state index is 13.1. The van der Waals surface area contributed by atoms with Crippen LogP contribution in [0.5, 0.6) is 0 Å². The number of Topliss-reactive ketones (excluding diaryl/α,β-unsaturated/α-hetero) is 1. The number of rotatable bonds is 5. The molecule has 0 aliphatic carbocycles. The first-order chi connectivity index (χ1) is 14.9. The Balaban J connectivity index is 1.75. The minimum absolute atomic E-state index is 0.0787. The van der Waals surface area contributed by atoms with Crippen LogP contribution in [0.25, 0.3) is 5.76 Å². The highest BCUT2D eigenvalue weighted by atomic mass is 16.5. The average Bonchev–Trinajstić information content (AvgIpc) is 3.30. The molecule has 7 nitrogen and oxygen atoms in total. The van der Waals surface area contributed by atoms with Gasteiger partial charge < -0.3 is 19.2 Å². The number of hydrogen-bond donors (Lipinski definition) is 1. The molecule has 2 aliphatic heterocycles. The Kier molecular flexibility index (Phi) is 5.98. The third-order valence-corrected chi connectivity index (χ3v) is 5.98. The van der Waals surface area contributed by atoms with Crippen LogP contribution in [-0.2, 0) is 14.3 Å². The first-order valence-corrected chi connectivity index (χ1v) is 10.6. The summed E-state index contributed by atoms with van der Waals surface area (Å²) in [6.07, 6.45) is 0. The van der Waals surface area contributed by atoms with Gasteiger partial charge in [-0.05, 0) is 44.5 Å². The molecular weight excluding hydrogens is 396 g/mol. The van der Waals surface area contributed by atoms with Crippen molar-refractivity contribution in [3.63, 3.8) is 0 Å². The summed E-state index contributed by atoms with van der Waals surface area (Å²) in [7, 11) is 0. The van der Waals surface area contributed by atoms with Gasteiger partial charge in [0.2, 0.25) is 0 Å². The predicted octanol–water partition coefficient (Wildman–Crippen LogP) is 2.96. The zero-order valence-corrected chi connectivity index (χ0v) is 18.2. The Morgan fingerprint density at radius 1 is 1.06 bits per heavy atom. The summed E-state index contributed by atoms with van der Waals surface area (Å²) < 4.78 is 11.2. The number of carbonyl (C=O) groups is 2. The van der Waals surface area contributed by atoms with E-state index in [0.717, 1.165) is 24.2 Å². The van der Waals surface area contributed by atoms with Crippen LogP contribution in [-0.4, -0.2) is 66.0 Å². The number of aliphatic hydroxyl groups excluding tert-OH is 1. The number of morpholine rings is 1. The Morgan fingerprint density at radius 2 is 1.81 bits per heavy atom. The molecule has 7 heteroatoms. The molecule has 0 spiro atoms. The smallest absolute Gasteiger partial charge is 0.295 e. The molecule has 1 amide bonds. The fourth-order valence-corrected chi connectivity index (χ4v) is 4.22. The number of hydrogen-bond acceptors (Lipinski definition) is 6. The number of carbonyl (C=O) groups excluding carboxylic acids is 2. The van der Waals surface area contributed by atoms with Gasteiger partial charge in [-0.3, -0.25) is 14.5 Å². The monoisotopic (exact) mass is 424 g/mol. The molecule has 31 heavy (non-hydrogen) atoms. The SMILES string of the molecule is Cc1ccc(C)c(C(O)=C2C(=O)C(=O)N(CCN3CCOCC3)C2c2ccc(C)o2)c1. The lowest BCUT2D eigenvalue weighted by Crippen LogP contribution is -2.42. The van der Waals surface area contributed by atoms with E-state index in [1.54, 1.807) is 12.1 Å². The molecule has 0 saturated carbocycles. The third kappa shape index (κ3) is 4.16. The molecule has 1 unspecified atom stereocenters. The van der Waals surface area contributed by atoms with Crippen LogP contribution in [0.2, 0.25) is 0 Å². The van der Waals surface area contributed by atoms with Gasteiger partial charge in [0.15, 0.2) is 0 Å². The fourth-order valence-electron chi connectivity index (χ4n) is 4.22. The molecule has 0 bridgehead atoms. The lowest BCUT2D eigenvalue weighted by molar-refractivity contribution is -0.140. The van der Waals surface area contributed by atoms with Crippen LogP contribution in [0.15, 0.2) is 40.3 Å². The molecule has 2 saturated heterocycles. The Bertz CT molecular complexity index is 1030. The molecule has 1 N–H and O–H groups in total. The molecular formula is C24H28N2O5. The summed E-state index contributed by atoms with van der Waals surface area (Å²) in [5.74, 6) is -0.294. The van der Waals surface area contributed by atoms with Crippen molar-refractivity contribution in [2.24, 2.45) is 0 Å². The first kappa shape index (κ1) is 21.3. The van der Waals surface area contributed by atoms with Gasteiger partial charge in [0.25, 0.3) is 11.7 Å². The highest BCUT2D eigenvalue weighted by molar-refractivity contribution is 6.46. The van der Waals surface area contributed by atoms with Crippen LogP contribution in [0.4, 0.5) is 0 Å². The van der Waals surface area contributed by atoms with Crippen molar-refractivity contribution in [3.05, 3.63) is 64.1 Å². The van der Waals surface area contributed by atoms with Gasteiger partial charge in [0, 0.05) is 31.7 Å². The van der Waals surface area contributed by atoms with E-state index >= 15 is 0 Å². The van der Waals surface area contributed by atoms with Crippen molar-refractivity contribution < 1.29 is 23.8 Å². The Hall–Kier alpha value is -2.90. The van der Waals surface area contributed by atoms with E-state index in [0.29, 0.717) is 43.4 Å². The summed E-state index contributed by atoms with van der Waals surface area (Å²) in [4.78, 5) is 29.8. The zero-order valence-electron chi connectivity index (χ0n) is 18.2. The number of ketones is 1. The molecule has 2 aromatic rings. The summed E-state index contributed by atoms with van der Waals surface area (Å²) in [5, 5.41) is 11.2. The molecule has 1 aromatic heterocycles. The van der Waals surface area contributed by atoms with Gasteiger partial charge in [-0.1, -0.05) is 17.7 Å². The van der Waals surface area contributed by atoms with Gasteiger partial charge in [0.1, 0.15) is 23.3 Å². The van der Waals surface area contributed by atoms with Gasteiger partial charge in [-0.2, -0.15) is 0 Å². The highest BCUT2D eigenvalue weighted by Gasteiger charge is 2.47. The molecule has 2 fully saturated rings. The third-order valence-electron chi connectivity index (χ3n) is 5.98. The molecule has 2 aliphatic rings. The number of ether oxygens (including phenoxy) is 1. The summed E-state index contributed by atoms with van der Waals surface area (Å²) >= 11 is 0. The number of amides is 1. The highest BCUT2D eigenvalue weighted by Crippen LogP contribution is 2.40. The van der Waals surface area contributed by atoms with Crippen molar-refractivity contribution in [3.8, 4) is 0 Å². The number of aryl methyl sites for hydroxylation is 3. The lowest BCUT2D eigenvalue weighted by atomic mass is 9.96. The largest absolute Gasteiger partial charge is 0.507 e. The van der Waals surface area contributed by atoms with E-state index in [2.05, 4.69) is 4.90 Å². The average molecular weight is 424 g/mol. The van der Waals surface area contributed by atoms with Gasteiger partial charge in [-0.25, -0.2) is 0 Å². The lowest BCUT2D eigenvalue weighted by Gasteiger charge is -2.30. The van der Waals surface area contributed by atoms with Crippen LogP contribution >= 0.6 is 0 Å².